The van der Waals surface area contributed by atoms with Crippen molar-refractivity contribution in [1.82, 2.24) is 4.90 Å². The van der Waals surface area contributed by atoms with Crippen LogP contribution in [-0.2, 0) is 4.79 Å². The zero-order valence-corrected chi connectivity index (χ0v) is 14.5. The summed E-state index contributed by atoms with van der Waals surface area (Å²) in [7, 11) is 0. The van der Waals surface area contributed by atoms with Gasteiger partial charge in [0.05, 0.1) is 10.6 Å². The molecule has 2 aromatic rings. The number of halogens is 1. The number of nitrogens with one attached hydrogen (secondary N) is 1. The van der Waals surface area contributed by atoms with Gasteiger partial charge in [0, 0.05) is 35.5 Å². The molecule has 26 heavy (non-hydrogen) atoms. The average Bonchev–Trinajstić information content (AvgIpc) is 2.84. The van der Waals surface area contributed by atoms with Crippen LogP contribution < -0.4 is 11.1 Å². The van der Waals surface area contributed by atoms with Crippen LogP contribution in [0.15, 0.2) is 49.0 Å². The molecule has 3 amide bonds. The lowest BCUT2D eigenvalue weighted by Crippen LogP contribution is -2.27. The maximum atomic E-state index is 12.4. The SMILES string of the molecule is C=C1c2ccccc2C(=O)N1CCC(=O)Nc1ccc(C(N)=O)c(Cl)c1. The standard InChI is InChI=1S/C19H16ClN3O3/c1-11-13-4-2-3-5-14(13)19(26)23(11)9-8-17(24)22-12-6-7-15(18(21)25)16(20)10-12/h2-7,10H,1,8-9H2,(H2,21,25)(H,22,24). The fraction of sp³-hybridized carbons (Fsp3) is 0.105. The zero-order valence-electron chi connectivity index (χ0n) is 13.8. The lowest BCUT2D eigenvalue weighted by Gasteiger charge is -2.17. The quantitative estimate of drug-likeness (QED) is 0.848. The normalized spacial score (nSPS) is 12.9. The van der Waals surface area contributed by atoms with Gasteiger partial charge in [-0.2, -0.15) is 0 Å². The predicted molar refractivity (Wildman–Crippen MR) is 99.7 cm³/mol. The summed E-state index contributed by atoms with van der Waals surface area (Å²) in [6.45, 7) is 4.15. The third-order valence-electron chi connectivity index (χ3n) is 4.12. The summed E-state index contributed by atoms with van der Waals surface area (Å²) < 4.78 is 0. The van der Waals surface area contributed by atoms with Gasteiger partial charge < -0.3 is 16.0 Å². The Labute approximate surface area is 155 Å². The number of carbonyl (C=O) groups excluding carboxylic acids is 3. The number of nitrogens with zero attached hydrogens (tertiary/aromatic N) is 1. The second kappa shape index (κ2) is 7.01. The molecule has 3 rings (SSSR count). The van der Waals surface area contributed by atoms with Crippen LogP contribution >= 0.6 is 11.6 Å². The second-order valence-corrected chi connectivity index (χ2v) is 6.21. The minimum Gasteiger partial charge on any atom is -0.366 e. The van der Waals surface area contributed by atoms with E-state index in [1.807, 2.05) is 12.1 Å². The van der Waals surface area contributed by atoms with E-state index in [2.05, 4.69) is 11.9 Å². The van der Waals surface area contributed by atoms with Crippen molar-refractivity contribution in [3.8, 4) is 0 Å². The van der Waals surface area contributed by atoms with Crippen molar-refractivity contribution >= 4 is 40.7 Å². The summed E-state index contributed by atoms with van der Waals surface area (Å²) in [6, 6.07) is 11.6. The number of nitrogens with two attached hydrogens (primary N) is 1. The number of hydrogen-bond donors (Lipinski definition) is 2. The van der Waals surface area contributed by atoms with Crippen LogP contribution in [0.2, 0.25) is 5.02 Å². The first-order chi connectivity index (χ1) is 12.4. The molecule has 0 bridgehead atoms. The van der Waals surface area contributed by atoms with Crippen LogP contribution in [0.4, 0.5) is 5.69 Å². The average molecular weight is 370 g/mol. The number of fused-ring (bicyclic) bond motifs is 1. The fourth-order valence-corrected chi connectivity index (χ4v) is 3.07. The highest BCUT2D eigenvalue weighted by Crippen LogP contribution is 2.31. The molecule has 0 atom stereocenters. The largest absolute Gasteiger partial charge is 0.366 e. The molecule has 0 fully saturated rings. The van der Waals surface area contributed by atoms with Gasteiger partial charge in [-0.25, -0.2) is 0 Å². The van der Waals surface area contributed by atoms with E-state index < -0.39 is 5.91 Å². The van der Waals surface area contributed by atoms with Gasteiger partial charge in [-0.05, 0) is 24.3 Å². The lowest BCUT2D eigenvalue weighted by atomic mass is 10.1. The molecule has 1 heterocycles. The van der Waals surface area contributed by atoms with Gasteiger partial charge in [-0.15, -0.1) is 0 Å². The molecule has 2 aromatic carbocycles. The summed E-state index contributed by atoms with van der Waals surface area (Å²) in [6.07, 6.45) is 0.0912. The Bertz CT molecular complexity index is 904. The molecule has 0 saturated heterocycles. The van der Waals surface area contributed by atoms with Gasteiger partial charge >= 0.3 is 0 Å². The van der Waals surface area contributed by atoms with Crippen LogP contribution in [0.5, 0.6) is 0 Å². The van der Waals surface area contributed by atoms with E-state index in [0.29, 0.717) is 16.9 Å². The highest BCUT2D eigenvalue weighted by atomic mass is 35.5. The molecule has 0 radical (unpaired) electrons. The number of primary amides is 1. The molecule has 7 heteroatoms. The Hall–Kier alpha value is -3.12. The first kappa shape index (κ1) is 17.7. The number of rotatable bonds is 5. The molecule has 3 N–H and O–H groups in total. The van der Waals surface area contributed by atoms with E-state index in [-0.39, 0.29) is 35.4 Å². The molecule has 0 unspecified atom stereocenters. The maximum Gasteiger partial charge on any atom is 0.258 e. The monoisotopic (exact) mass is 369 g/mol. The molecule has 1 aliphatic heterocycles. The topological polar surface area (TPSA) is 92.5 Å². The van der Waals surface area contributed by atoms with Crippen molar-refractivity contribution < 1.29 is 14.4 Å². The van der Waals surface area contributed by atoms with Crippen LogP contribution in [0.25, 0.3) is 5.70 Å². The van der Waals surface area contributed by atoms with Crippen molar-refractivity contribution in [3.63, 3.8) is 0 Å². The highest BCUT2D eigenvalue weighted by molar-refractivity contribution is 6.34. The first-order valence-electron chi connectivity index (χ1n) is 7.88. The molecule has 0 aromatic heterocycles. The van der Waals surface area contributed by atoms with Crippen molar-refractivity contribution in [1.29, 1.82) is 0 Å². The van der Waals surface area contributed by atoms with Crippen molar-refractivity contribution in [2.45, 2.75) is 6.42 Å². The molecule has 132 valence electrons. The van der Waals surface area contributed by atoms with Gasteiger partial charge in [-0.1, -0.05) is 36.4 Å². The van der Waals surface area contributed by atoms with Gasteiger partial charge in [0.15, 0.2) is 0 Å². The molecular formula is C19H16ClN3O3. The van der Waals surface area contributed by atoms with Gasteiger partial charge in [-0.3, -0.25) is 14.4 Å². The summed E-state index contributed by atoms with van der Waals surface area (Å²) in [5, 5.41) is 2.84. The Morgan fingerprint density at radius 2 is 1.85 bits per heavy atom. The number of amides is 3. The van der Waals surface area contributed by atoms with E-state index in [1.165, 1.54) is 17.0 Å². The molecule has 0 saturated carbocycles. The summed E-state index contributed by atoms with van der Waals surface area (Å²) >= 11 is 5.96. The third kappa shape index (κ3) is 3.32. The van der Waals surface area contributed by atoms with E-state index in [1.54, 1.807) is 18.2 Å². The molecule has 6 nitrogen and oxygen atoms in total. The minimum absolute atomic E-state index is 0.0912. The van der Waals surface area contributed by atoms with Crippen LogP contribution in [-0.4, -0.2) is 29.2 Å². The maximum absolute atomic E-state index is 12.4. The summed E-state index contributed by atoms with van der Waals surface area (Å²) in [5.74, 6) is -1.09. The zero-order chi connectivity index (χ0) is 18.8. The van der Waals surface area contributed by atoms with E-state index in [4.69, 9.17) is 17.3 Å². The molecule has 0 aliphatic carbocycles. The molecular weight excluding hydrogens is 354 g/mol. The fourth-order valence-electron chi connectivity index (χ4n) is 2.80. The minimum atomic E-state index is -0.640. The van der Waals surface area contributed by atoms with E-state index in [0.717, 1.165) is 5.56 Å². The van der Waals surface area contributed by atoms with Crippen molar-refractivity contribution in [2.24, 2.45) is 5.73 Å². The van der Waals surface area contributed by atoms with Gasteiger partial charge in [0.2, 0.25) is 11.8 Å². The Morgan fingerprint density at radius 1 is 1.15 bits per heavy atom. The first-order valence-corrected chi connectivity index (χ1v) is 8.25. The number of benzene rings is 2. The third-order valence-corrected chi connectivity index (χ3v) is 4.43. The number of carbonyl (C=O) groups is 3. The second-order valence-electron chi connectivity index (χ2n) is 5.81. The molecule has 1 aliphatic rings. The number of hydrogen-bond acceptors (Lipinski definition) is 3. The van der Waals surface area contributed by atoms with Crippen LogP contribution in [0, 0.1) is 0 Å². The Kier molecular flexibility index (Phi) is 4.77. The molecule has 0 spiro atoms. The van der Waals surface area contributed by atoms with Crippen LogP contribution in [0.3, 0.4) is 0 Å². The summed E-state index contributed by atoms with van der Waals surface area (Å²) in [5.41, 5.74) is 7.78. The van der Waals surface area contributed by atoms with Gasteiger partial charge in [0.1, 0.15) is 0 Å². The smallest absolute Gasteiger partial charge is 0.258 e. The number of anilines is 1. The lowest BCUT2D eigenvalue weighted by molar-refractivity contribution is -0.116. The predicted octanol–water partition coefficient (Wildman–Crippen LogP) is 2.89. The highest BCUT2D eigenvalue weighted by Gasteiger charge is 2.30. The summed E-state index contributed by atoms with van der Waals surface area (Å²) in [4.78, 5) is 37.2. The van der Waals surface area contributed by atoms with Gasteiger partial charge in [0.25, 0.3) is 5.91 Å². The van der Waals surface area contributed by atoms with E-state index >= 15 is 0 Å². The van der Waals surface area contributed by atoms with Crippen LogP contribution in [0.1, 0.15) is 32.7 Å². The van der Waals surface area contributed by atoms with E-state index in [9.17, 15) is 14.4 Å². The van der Waals surface area contributed by atoms with Crippen molar-refractivity contribution in [3.05, 3.63) is 70.8 Å². The van der Waals surface area contributed by atoms with Crippen molar-refractivity contribution in [2.75, 3.05) is 11.9 Å². The Balaban J connectivity index is 1.62. The Morgan fingerprint density at radius 3 is 2.46 bits per heavy atom.